The van der Waals surface area contributed by atoms with E-state index in [1.165, 1.54) is 13.2 Å². The molecule has 0 aliphatic rings. The molecule has 0 heterocycles. The van der Waals surface area contributed by atoms with E-state index in [0.29, 0.717) is 15.8 Å². The Hall–Kier alpha value is -0.0451. The minimum atomic E-state index is 0.261. The van der Waals surface area contributed by atoms with Crippen molar-refractivity contribution in [3.05, 3.63) is 21.1 Å². The maximum Gasteiger partial charge on any atom is 0.131 e. The second kappa shape index (κ2) is 3.78. The maximum absolute atomic E-state index is 5.76. The third-order valence-electron chi connectivity index (χ3n) is 1.37. The highest BCUT2D eigenvalue weighted by molar-refractivity contribution is 6.52. The molecule has 62 valence electrons. The van der Waals surface area contributed by atoms with Crippen molar-refractivity contribution in [2.45, 2.75) is 0 Å². The molecule has 0 spiro atoms. The van der Waals surface area contributed by atoms with E-state index >= 15 is 0 Å². The predicted molar refractivity (Wildman–Crippen MR) is 53.4 cm³/mol. The molecule has 0 aliphatic heterocycles. The Morgan fingerprint density at radius 1 is 1.25 bits per heavy atom. The fraction of sp³-hybridized carbons (Fsp3) is 0.143. The van der Waals surface area contributed by atoms with Gasteiger partial charge < -0.3 is 4.74 Å². The zero-order chi connectivity index (χ0) is 9.30. The molecule has 0 N–H and O–H groups in total. The first kappa shape index (κ1) is 10.0. The molecule has 12 heavy (non-hydrogen) atoms. The molecule has 0 aromatic heterocycles. The molecule has 0 bridgehead atoms. The molecule has 1 aromatic carbocycles. The number of ether oxygens (including phenoxy) is 1. The summed E-state index contributed by atoms with van der Waals surface area (Å²) in [6, 6.07) is 1.49. The zero-order valence-electron chi connectivity index (χ0n) is 6.20. The van der Waals surface area contributed by atoms with Crippen LogP contribution in [0.4, 0.5) is 0 Å². The van der Waals surface area contributed by atoms with Crippen molar-refractivity contribution < 1.29 is 4.74 Å². The lowest BCUT2D eigenvalue weighted by molar-refractivity contribution is 0.418. The molecular formula is C7H4BCl3O. The van der Waals surface area contributed by atoms with Gasteiger partial charge in [-0.1, -0.05) is 34.8 Å². The maximum atomic E-state index is 5.76. The summed E-state index contributed by atoms with van der Waals surface area (Å²) in [4.78, 5) is 0. The van der Waals surface area contributed by atoms with Crippen LogP contribution in [0.25, 0.3) is 0 Å². The third-order valence-corrected chi connectivity index (χ3v) is 2.45. The van der Waals surface area contributed by atoms with Crippen LogP contribution in [0.2, 0.25) is 15.1 Å². The monoisotopic (exact) mass is 220 g/mol. The Morgan fingerprint density at radius 3 is 2.33 bits per heavy atom. The molecule has 0 saturated heterocycles. The minimum absolute atomic E-state index is 0.261. The van der Waals surface area contributed by atoms with E-state index in [9.17, 15) is 0 Å². The highest BCUT2D eigenvalue weighted by atomic mass is 35.5. The first-order valence-electron chi connectivity index (χ1n) is 3.05. The summed E-state index contributed by atoms with van der Waals surface area (Å²) in [5, 5.41) is 0.933. The molecule has 1 rings (SSSR count). The van der Waals surface area contributed by atoms with E-state index < -0.39 is 0 Å². The van der Waals surface area contributed by atoms with Crippen LogP contribution in [0.3, 0.4) is 0 Å². The van der Waals surface area contributed by atoms with Gasteiger partial charge in [-0.2, -0.15) is 0 Å². The molecule has 5 heteroatoms. The number of benzene rings is 1. The Labute approximate surface area is 87.0 Å². The zero-order valence-corrected chi connectivity index (χ0v) is 8.46. The van der Waals surface area contributed by atoms with E-state index in [0.717, 1.165) is 0 Å². The van der Waals surface area contributed by atoms with Crippen LogP contribution in [0.15, 0.2) is 6.07 Å². The standard InChI is InChI=1S/C7H4BCl3O/c1-12-7-4(10)2-3(9)6(11)5(7)8/h2H,1H3. The summed E-state index contributed by atoms with van der Waals surface area (Å²) in [6.45, 7) is 0. The average Bonchev–Trinajstić information content (AvgIpc) is 2.01. The smallest absolute Gasteiger partial charge is 0.131 e. The largest absolute Gasteiger partial charge is 0.496 e. The molecule has 0 fully saturated rings. The number of methoxy groups -OCH3 is 1. The third kappa shape index (κ3) is 1.66. The van der Waals surface area contributed by atoms with Crippen LogP contribution in [0, 0.1) is 0 Å². The van der Waals surface area contributed by atoms with Crippen molar-refractivity contribution in [2.75, 3.05) is 7.11 Å². The van der Waals surface area contributed by atoms with Gasteiger partial charge in [0, 0.05) is 0 Å². The molecule has 0 atom stereocenters. The van der Waals surface area contributed by atoms with E-state index in [4.69, 9.17) is 47.4 Å². The van der Waals surface area contributed by atoms with Gasteiger partial charge in [0.15, 0.2) is 0 Å². The highest BCUT2D eigenvalue weighted by Crippen LogP contribution is 2.30. The molecule has 0 unspecified atom stereocenters. The van der Waals surface area contributed by atoms with Crippen molar-refractivity contribution in [2.24, 2.45) is 0 Å². The lowest BCUT2D eigenvalue weighted by atomic mass is 9.95. The lowest BCUT2D eigenvalue weighted by Gasteiger charge is -2.09. The van der Waals surface area contributed by atoms with Crippen LogP contribution in [0.5, 0.6) is 5.75 Å². The van der Waals surface area contributed by atoms with Crippen LogP contribution < -0.4 is 10.2 Å². The molecule has 1 nitrogen and oxygen atoms in total. The quantitative estimate of drug-likeness (QED) is 0.523. The Bertz CT molecular complexity index is 314. The van der Waals surface area contributed by atoms with Crippen molar-refractivity contribution in [1.82, 2.24) is 0 Å². The van der Waals surface area contributed by atoms with Gasteiger partial charge in [0.1, 0.15) is 13.6 Å². The first-order chi connectivity index (χ1) is 5.57. The van der Waals surface area contributed by atoms with Gasteiger partial charge in [0.05, 0.1) is 22.2 Å². The van der Waals surface area contributed by atoms with Crippen LogP contribution in [-0.2, 0) is 0 Å². The molecule has 2 radical (unpaired) electrons. The van der Waals surface area contributed by atoms with E-state index in [1.54, 1.807) is 0 Å². The number of rotatable bonds is 1. The molecule has 0 saturated carbocycles. The van der Waals surface area contributed by atoms with Gasteiger partial charge in [-0.25, -0.2) is 0 Å². The van der Waals surface area contributed by atoms with Crippen LogP contribution in [-0.4, -0.2) is 15.0 Å². The van der Waals surface area contributed by atoms with E-state index in [-0.39, 0.29) is 10.5 Å². The van der Waals surface area contributed by atoms with Crippen molar-refractivity contribution >= 4 is 48.1 Å². The summed E-state index contributed by atoms with van der Waals surface area (Å²) in [6.07, 6.45) is 0. The normalized spacial score (nSPS) is 10.0. The van der Waals surface area contributed by atoms with Gasteiger partial charge in [-0.3, -0.25) is 0 Å². The summed E-state index contributed by atoms with van der Waals surface area (Å²) < 4.78 is 4.91. The second-order valence-electron chi connectivity index (χ2n) is 2.10. The van der Waals surface area contributed by atoms with Gasteiger partial charge in [-0.15, -0.1) is 0 Å². The fourth-order valence-electron chi connectivity index (χ4n) is 0.805. The predicted octanol–water partition coefficient (Wildman–Crippen LogP) is 2.45. The molecular weight excluding hydrogens is 217 g/mol. The van der Waals surface area contributed by atoms with Crippen molar-refractivity contribution in [1.29, 1.82) is 0 Å². The SMILES string of the molecule is [B]c1c(Cl)c(Cl)cc(Cl)c1OC. The molecule has 1 aromatic rings. The highest BCUT2D eigenvalue weighted by Gasteiger charge is 2.10. The Morgan fingerprint density at radius 2 is 1.83 bits per heavy atom. The van der Waals surface area contributed by atoms with Crippen molar-refractivity contribution in [3.8, 4) is 5.75 Å². The van der Waals surface area contributed by atoms with Crippen LogP contribution >= 0.6 is 34.8 Å². The number of halogens is 3. The van der Waals surface area contributed by atoms with E-state index in [1.807, 2.05) is 0 Å². The summed E-state index contributed by atoms with van der Waals surface area (Å²) in [5.74, 6) is 0.353. The topological polar surface area (TPSA) is 9.23 Å². The number of hydrogen-bond acceptors (Lipinski definition) is 1. The fourth-order valence-corrected chi connectivity index (χ4v) is 1.50. The molecule has 0 aliphatic carbocycles. The summed E-state index contributed by atoms with van der Waals surface area (Å²) in [7, 11) is 7.03. The van der Waals surface area contributed by atoms with Gasteiger partial charge in [0.25, 0.3) is 0 Å². The number of hydrogen-bond donors (Lipinski definition) is 0. The van der Waals surface area contributed by atoms with Crippen LogP contribution in [0.1, 0.15) is 0 Å². The second-order valence-corrected chi connectivity index (χ2v) is 3.29. The summed E-state index contributed by atoms with van der Waals surface area (Å²) in [5.41, 5.74) is 0.261. The average molecular weight is 221 g/mol. The first-order valence-corrected chi connectivity index (χ1v) is 4.18. The van der Waals surface area contributed by atoms with Gasteiger partial charge in [-0.05, 0) is 11.5 Å². The van der Waals surface area contributed by atoms with Gasteiger partial charge in [0.2, 0.25) is 0 Å². The van der Waals surface area contributed by atoms with Gasteiger partial charge >= 0.3 is 0 Å². The van der Waals surface area contributed by atoms with Crippen molar-refractivity contribution in [3.63, 3.8) is 0 Å². The summed E-state index contributed by atoms with van der Waals surface area (Å²) >= 11 is 17.2. The molecule has 0 amide bonds. The Kier molecular flexibility index (Phi) is 3.16. The lowest BCUT2D eigenvalue weighted by Crippen LogP contribution is -2.09. The van der Waals surface area contributed by atoms with E-state index in [2.05, 4.69) is 0 Å². The minimum Gasteiger partial charge on any atom is -0.496 e. The Balaban J connectivity index is 3.40.